The summed E-state index contributed by atoms with van der Waals surface area (Å²) in [5, 5.41) is 14.5. The quantitative estimate of drug-likeness (QED) is 0.453. The monoisotopic (exact) mass is 341 g/mol. The van der Waals surface area contributed by atoms with Gasteiger partial charge in [0, 0.05) is 17.7 Å². The van der Waals surface area contributed by atoms with Crippen molar-refractivity contribution in [2.75, 3.05) is 6.61 Å². The minimum Gasteiger partial charge on any atom is -0.484 e. The van der Waals surface area contributed by atoms with Gasteiger partial charge in [-0.1, -0.05) is 37.6 Å². The molecule has 0 radical (unpaired) electrons. The van der Waals surface area contributed by atoms with E-state index in [1.807, 2.05) is 24.3 Å². The first-order valence-corrected chi connectivity index (χ1v) is 7.86. The number of hydrogen-bond acceptors (Lipinski definition) is 5. The average Bonchev–Trinajstić information content (AvgIpc) is 2.61. The molecule has 0 heterocycles. The minimum absolute atomic E-state index is 0.0369. The molecule has 2 aromatic carbocycles. The van der Waals surface area contributed by atoms with Crippen molar-refractivity contribution in [1.82, 2.24) is 5.43 Å². The Hall–Kier alpha value is -3.22. The zero-order valence-corrected chi connectivity index (χ0v) is 13.8. The maximum Gasteiger partial charge on any atom is 0.277 e. The first kappa shape index (κ1) is 18.1. The van der Waals surface area contributed by atoms with E-state index in [4.69, 9.17) is 4.74 Å². The van der Waals surface area contributed by atoms with Crippen molar-refractivity contribution in [3.63, 3.8) is 0 Å². The number of carbonyl (C=O) groups is 1. The second-order valence-electron chi connectivity index (χ2n) is 5.33. The molecule has 0 unspecified atom stereocenters. The summed E-state index contributed by atoms with van der Waals surface area (Å²) in [7, 11) is 0. The SMILES string of the molecule is CCCc1ccc(OCC(=O)N/N=C\c2cccc([N+](=O)[O-])c2)cc1. The van der Waals surface area contributed by atoms with Crippen LogP contribution in [0.25, 0.3) is 0 Å². The average molecular weight is 341 g/mol. The summed E-state index contributed by atoms with van der Waals surface area (Å²) in [5.74, 6) is 0.192. The van der Waals surface area contributed by atoms with Crippen LogP contribution in [0.2, 0.25) is 0 Å². The van der Waals surface area contributed by atoms with Crippen LogP contribution in [0.1, 0.15) is 24.5 Å². The molecule has 7 heteroatoms. The Labute approximate surface area is 145 Å². The Bertz CT molecular complexity index is 757. The van der Waals surface area contributed by atoms with Crippen molar-refractivity contribution >= 4 is 17.8 Å². The third-order valence-corrected chi connectivity index (χ3v) is 3.32. The smallest absolute Gasteiger partial charge is 0.277 e. The molecule has 0 spiro atoms. The number of nitro benzene ring substituents is 1. The fourth-order valence-electron chi connectivity index (χ4n) is 2.12. The van der Waals surface area contributed by atoms with Gasteiger partial charge >= 0.3 is 0 Å². The maximum atomic E-state index is 11.7. The zero-order valence-electron chi connectivity index (χ0n) is 13.8. The van der Waals surface area contributed by atoms with E-state index in [2.05, 4.69) is 17.5 Å². The van der Waals surface area contributed by atoms with Crippen molar-refractivity contribution in [2.45, 2.75) is 19.8 Å². The van der Waals surface area contributed by atoms with Gasteiger partial charge in [-0.3, -0.25) is 14.9 Å². The number of rotatable bonds is 8. The van der Waals surface area contributed by atoms with Crippen LogP contribution in [0.15, 0.2) is 53.6 Å². The third kappa shape index (κ3) is 6.06. The number of amides is 1. The number of hydrazone groups is 1. The van der Waals surface area contributed by atoms with Gasteiger partial charge in [-0.2, -0.15) is 5.10 Å². The number of aryl methyl sites for hydroxylation is 1. The molecule has 0 saturated heterocycles. The highest BCUT2D eigenvalue weighted by Crippen LogP contribution is 2.13. The molecular weight excluding hydrogens is 322 g/mol. The highest BCUT2D eigenvalue weighted by molar-refractivity contribution is 5.83. The number of carbonyl (C=O) groups excluding carboxylic acids is 1. The van der Waals surface area contributed by atoms with E-state index in [0.29, 0.717) is 11.3 Å². The van der Waals surface area contributed by atoms with Gasteiger partial charge in [0.15, 0.2) is 6.61 Å². The standard InChI is InChI=1S/C18H19N3O4/c1-2-4-14-7-9-17(10-8-14)25-13-18(22)20-19-12-15-5-3-6-16(11-15)21(23)24/h3,5-12H,2,4,13H2,1H3,(H,20,22)/b19-12-. The van der Waals surface area contributed by atoms with Crippen molar-refractivity contribution in [3.8, 4) is 5.75 Å². The summed E-state index contributed by atoms with van der Waals surface area (Å²) in [5.41, 5.74) is 4.02. The molecule has 0 fully saturated rings. The first-order chi connectivity index (χ1) is 12.1. The van der Waals surface area contributed by atoms with Gasteiger partial charge in [0.25, 0.3) is 11.6 Å². The molecule has 0 aliphatic carbocycles. The van der Waals surface area contributed by atoms with Crippen LogP contribution in [0, 0.1) is 10.1 Å². The number of nitro groups is 1. The number of non-ortho nitro benzene ring substituents is 1. The molecule has 130 valence electrons. The van der Waals surface area contributed by atoms with E-state index < -0.39 is 10.8 Å². The Morgan fingerprint density at radius 3 is 2.72 bits per heavy atom. The Kier molecular flexibility index (Phi) is 6.65. The van der Waals surface area contributed by atoms with E-state index >= 15 is 0 Å². The molecule has 1 amide bonds. The maximum absolute atomic E-state index is 11.7. The molecule has 1 N–H and O–H groups in total. The lowest BCUT2D eigenvalue weighted by atomic mass is 10.1. The lowest BCUT2D eigenvalue weighted by Crippen LogP contribution is -2.24. The van der Waals surface area contributed by atoms with Crippen LogP contribution in [-0.4, -0.2) is 23.7 Å². The highest BCUT2D eigenvalue weighted by Gasteiger charge is 2.05. The van der Waals surface area contributed by atoms with Crippen LogP contribution in [0.3, 0.4) is 0 Å². The number of benzene rings is 2. The van der Waals surface area contributed by atoms with Gasteiger partial charge in [-0.25, -0.2) is 5.43 Å². The zero-order chi connectivity index (χ0) is 18.1. The number of nitrogens with zero attached hydrogens (tertiary/aromatic N) is 2. The highest BCUT2D eigenvalue weighted by atomic mass is 16.6. The van der Waals surface area contributed by atoms with Crippen LogP contribution in [0.5, 0.6) is 5.75 Å². The molecule has 25 heavy (non-hydrogen) atoms. The predicted octanol–water partition coefficient (Wildman–Crippen LogP) is 3.08. The summed E-state index contributed by atoms with van der Waals surface area (Å²) in [6, 6.07) is 13.5. The second-order valence-corrected chi connectivity index (χ2v) is 5.33. The van der Waals surface area contributed by atoms with Gasteiger partial charge in [-0.15, -0.1) is 0 Å². The van der Waals surface area contributed by atoms with E-state index in [0.717, 1.165) is 12.8 Å². The minimum atomic E-state index is -0.491. The van der Waals surface area contributed by atoms with Crippen LogP contribution in [-0.2, 0) is 11.2 Å². The summed E-state index contributed by atoms with van der Waals surface area (Å²) in [6.45, 7) is 1.95. The fourth-order valence-corrected chi connectivity index (χ4v) is 2.12. The van der Waals surface area contributed by atoms with Gasteiger partial charge in [-0.05, 0) is 24.1 Å². The number of nitrogens with one attached hydrogen (secondary N) is 1. The normalized spacial score (nSPS) is 10.6. The molecule has 2 rings (SSSR count). The van der Waals surface area contributed by atoms with Gasteiger partial charge < -0.3 is 4.74 Å². The van der Waals surface area contributed by atoms with Crippen LogP contribution < -0.4 is 10.2 Å². The van der Waals surface area contributed by atoms with Crippen molar-refractivity contribution < 1.29 is 14.5 Å². The van der Waals surface area contributed by atoms with Gasteiger partial charge in [0.05, 0.1) is 11.1 Å². The fraction of sp³-hybridized carbons (Fsp3) is 0.222. The van der Waals surface area contributed by atoms with Crippen LogP contribution >= 0.6 is 0 Å². The third-order valence-electron chi connectivity index (χ3n) is 3.32. The molecule has 0 saturated carbocycles. The lowest BCUT2D eigenvalue weighted by molar-refractivity contribution is -0.384. The summed E-state index contributed by atoms with van der Waals surface area (Å²) in [4.78, 5) is 21.9. The topological polar surface area (TPSA) is 93.8 Å². The number of hydrogen-bond donors (Lipinski definition) is 1. The summed E-state index contributed by atoms with van der Waals surface area (Å²) in [6.07, 6.45) is 3.42. The van der Waals surface area contributed by atoms with Crippen molar-refractivity contribution in [2.24, 2.45) is 5.10 Å². The molecule has 0 aliphatic rings. The summed E-state index contributed by atoms with van der Waals surface area (Å²) >= 11 is 0. The van der Waals surface area contributed by atoms with Gasteiger partial charge in [0.2, 0.25) is 0 Å². The second kappa shape index (κ2) is 9.17. The lowest BCUT2D eigenvalue weighted by Gasteiger charge is -2.06. The largest absolute Gasteiger partial charge is 0.484 e. The molecular formula is C18H19N3O4. The molecule has 0 aromatic heterocycles. The Morgan fingerprint density at radius 2 is 2.04 bits per heavy atom. The molecule has 0 aliphatic heterocycles. The van der Waals surface area contributed by atoms with Crippen molar-refractivity contribution in [3.05, 3.63) is 69.8 Å². The molecule has 0 bridgehead atoms. The van der Waals surface area contributed by atoms with Crippen LogP contribution in [0.4, 0.5) is 5.69 Å². The number of ether oxygens (including phenoxy) is 1. The van der Waals surface area contributed by atoms with Gasteiger partial charge in [0.1, 0.15) is 5.75 Å². The Balaban J connectivity index is 1.80. The van der Waals surface area contributed by atoms with Crippen molar-refractivity contribution in [1.29, 1.82) is 0 Å². The van der Waals surface area contributed by atoms with E-state index in [1.54, 1.807) is 12.1 Å². The molecule has 2 aromatic rings. The molecule has 0 atom stereocenters. The Morgan fingerprint density at radius 1 is 1.28 bits per heavy atom. The summed E-state index contributed by atoms with van der Waals surface area (Å²) < 4.78 is 5.38. The van der Waals surface area contributed by atoms with E-state index in [1.165, 1.54) is 23.9 Å². The molecule has 7 nitrogen and oxygen atoms in total. The van der Waals surface area contributed by atoms with E-state index in [-0.39, 0.29) is 12.3 Å². The van der Waals surface area contributed by atoms with E-state index in [9.17, 15) is 14.9 Å². The predicted molar refractivity (Wildman–Crippen MR) is 94.8 cm³/mol. The first-order valence-electron chi connectivity index (χ1n) is 7.86.